The highest BCUT2D eigenvalue weighted by Crippen LogP contribution is 2.32. The van der Waals surface area contributed by atoms with Crippen molar-refractivity contribution in [3.63, 3.8) is 0 Å². The molecule has 1 aromatic carbocycles. The van der Waals surface area contributed by atoms with Gasteiger partial charge in [0.1, 0.15) is 12.9 Å². The predicted octanol–water partition coefficient (Wildman–Crippen LogP) is 3.02. The Bertz CT molecular complexity index is 761. The summed E-state index contributed by atoms with van der Waals surface area (Å²) in [6, 6.07) is 9.71. The van der Waals surface area contributed by atoms with E-state index >= 15 is 0 Å². The molecule has 1 aliphatic heterocycles. The fraction of sp³-hybridized carbons (Fsp3) is 0.176. The molecular formula is C17H15NO3S. The smallest absolute Gasteiger partial charge is 0.338 e. The van der Waals surface area contributed by atoms with Gasteiger partial charge in [-0.05, 0) is 54.4 Å². The van der Waals surface area contributed by atoms with Gasteiger partial charge in [0.25, 0.3) is 0 Å². The number of nitrogens with two attached hydrogens (primary N) is 1. The van der Waals surface area contributed by atoms with Crippen LogP contribution in [0.25, 0.3) is 16.5 Å². The molecular weight excluding hydrogens is 298 g/mol. The molecule has 5 heteroatoms. The molecule has 2 N–H and O–H groups in total. The second-order valence-electron chi connectivity index (χ2n) is 5.03. The maximum Gasteiger partial charge on any atom is 0.338 e. The molecule has 0 bridgehead atoms. The SMILES string of the molecule is NCC/C(C=O)=C\c1ccc(-c2ccc3c(c2)COC3=O)s1. The van der Waals surface area contributed by atoms with Crippen molar-refractivity contribution in [1.82, 2.24) is 0 Å². The average molecular weight is 313 g/mol. The fourth-order valence-electron chi connectivity index (χ4n) is 2.39. The molecule has 22 heavy (non-hydrogen) atoms. The Hall–Kier alpha value is -2.24. The summed E-state index contributed by atoms with van der Waals surface area (Å²) in [5, 5.41) is 0. The normalized spacial score (nSPS) is 13.9. The second kappa shape index (κ2) is 6.25. The number of hydrogen-bond donors (Lipinski definition) is 1. The number of carbonyl (C=O) groups is 2. The number of fused-ring (bicyclic) bond motifs is 1. The molecule has 0 amide bonds. The molecule has 1 aromatic heterocycles. The van der Waals surface area contributed by atoms with Crippen molar-refractivity contribution in [1.29, 1.82) is 0 Å². The van der Waals surface area contributed by atoms with Crippen molar-refractivity contribution in [2.75, 3.05) is 6.54 Å². The van der Waals surface area contributed by atoms with Crippen LogP contribution in [0.5, 0.6) is 0 Å². The van der Waals surface area contributed by atoms with E-state index in [1.54, 1.807) is 17.4 Å². The number of rotatable bonds is 5. The average Bonchev–Trinajstić information content (AvgIpc) is 3.14. The molecule has 0 aliphatic carbocycles. The van der Waals surface area contributed by atoms with E-state index in [4.69, 9.17) is 10.5 Å². The molecule has 3 rings (SSSR count). The van der Waals surface area contributed by atoms with Crippen molar-refractivity contribution < 1.29 is 14.3 Å². The van der Waals surface area contributed by atoms with Crippen molar-refractivity contribution in [2.45, 2.75) is 13.0 Å². The van der Waals surface area contributed by atoms with Gasteiger partial charge in [-0.1, -0.05) is 6.07 Å². The van der Waals surface area contributed by atoms with Gasteiger partial charge in [0.15, 0.2) is 0 Å². The van der Waals surface area contributed by atoms with Crippen molar-refractivity contribution >= 4 is 29.7 Å². The Labute approximate surface area is 132 Å². The third-order valence-electron chi connectivity index (χ3n) is 3.51. The third-order valence-corrected chi connectivity index (χ3v) is 4.59. The van der Waals surface area contributed by atoms with Crippen LogP contribution >= 0.6 is 11.3 Å². The molecule has 0 atom stereocenters. The summed E-state index contributed by atoms with van der Waals surface area (Å²) in [6.07, 6.45) is 3.30. The van der Waals surface area contributed by atoms with Crippen LogP contribution in [0.4, 0.5) is 0 Å². The summed E-state index contributed by atoms with van der Waals surface area (Å²) in [4.78, 5) is 24.5. The highest BCUT2D eigenvalue weighted by Gasteiger charge is 2.21. The molecule has 0 unspecified atom stereocenters. The number of cyclic esters (lactones) is 1. The quantitative estimate of drug-likeness (QED) is 0.523. The molecule has 0 saturated carbocycles. The van der Waals surface area contributed by atoms with Gasteiger partial charge in [-0.3, -0.25) is 4.79 Å². The molecule has 0 fully saturated rings. The Morgan fingerprint density at radius 1 is 1.32 bits per heavy atom. The first-order valence-electron chi connectivity index (χ1n) is 6.97. The van der Waals surface area contributed by atoms with E-state index < -0.39 is 0 Å². The van der Waals surface area contributed by atoms with Crippen LogP contribution in [0.2, 0.25) is 0 Å². The van der Waals surface area contributed by atoms with Gasteiger partial charge in [-0.15, -0.1) is 11.3 Å². The van der Waals surface area contributed by atoms with E-state index in [1.807, 2.05) is 30.3 Å². The number of ether oxygens (including phenoxy) is 1. The number of hydrogen-bond acceptors (Lipinski definition) is 5. The van der Waals surface area contributed by atoms with Gasteiger partial charge in [0, 0.05) is 15.3 Å². The predicted molar refractivity (Wildman–Crippen MR) is 86.6 cm³/mol. The molecule has 2 aromatic rings. The fourth-order valence-corrected chi connectivity index (χ4v) is 3.37. The molecule has 0 spiro atoms. The summed E-state index contributed by atoms with van der Waals surface area (Å²) in [6.45, 7) is 0.799. The monoisotopic (exact) mass is 313 g/mol. The van der Waals surface area contributed by atoms with Crippen LogP contribution < -0.4 is 5.73 Å². The van der Waals surface area contributed by atoms with Gasteiger partial charge in [-0.25, -0.2) is 4.79 Å². The highest BCUT2D eigenvalue weighted by atomic mass is 32.1. The highest BCUT2D eigenvalue weighted by molar-refractivity contribution is 7.16. The van der Waals surface area contributed by atoms with E-state index in [0.29, 0.717) is 30.7 Å². The van der Waals surface area contributed by atoms with Gasteiger partial charge >= 0.3 is 5.97 Å². The topological polar surface area (TPSA) is 69.4 Å². The number of aldehydes is 1. The molecule has 112 valence electrons. The molecule has 0 radical (unpaired) electrons. The van der Waals surface area contributed by atoms with Crippen LogP contribution in [-0.2, 0) is 16.1 Å². The first-order chi connectivity index (χ1) is 10.7. The maximum absolute atomic E-state index is 11.5. The van der Waals surface area contributed by atoms with Crippen LogP contribution in [0.3, 0.4) is 0 Å². The lowest BCUT2D eigenvalue weighted by molar-refractivity contribution is -0.104. The number of thiophene rings is 1. The number of esters is 1. The van der Waals surface area contributed by atoms with Crippen LogP contribution in [0.1, 0.15) is 27.2 Å². The summed E-state index contributed by atoms with van der Waals surface area (Å²) in [7, 11) is 0. The minimum Gasteiger partial charge on any atom is -0.457 e. The summed E-state index contributed by atoms with van der Waals surface area (Å²) >= 11 is 1.60. The number of carbonyl (C=O) groups excluding carboxylic acids is 2. The van der Waals surface area contributed by atoms with Crippen molar-refractivity contribution in [3.05, 3.63) is 51.9 Å². The van der Waals surface area contributed by atoms with Crippen LogP contribution in [-0.4, -0.2) is 18.8 Å². The lowest BCUT2D eigenvalue weighted by Crippen LogP contribution is -2.00. The largest absolute Gasteiger partial charge is 0.457 e. The Balaban J connectivity index is 1.88. The Morgan fingerprint density at radius 2 is 2.18 bits per heavy atom. The van der Waals surface area contributed by atoms with Crippen molar-refractivity contribution in [2.24, 2.45) is 5.73 Å². The maximum atomic E-state index is 11.5. The molecule has 4 nitrogen and oxygen atoms in total. The lowest BCUT2D eigenvalue weighted by atomic mass is 10.1. The van der Waals surface area contributed by atoms with Crippen molar-refractivity contribution in [3.8, 4) is 10.4 Å². The zero-order chi connectivity index (χ0) is 15.5. The van der Waals surface area contributed by atoms with Crippen LogP contribution in [0, 0.1) is 0 Å². The standard InChI is InChI=1S/C17H15NO3S/c18-6-5-11(9-19)7-14-2-4-16(22-14)12-1-3-15-13(8-12)10-21-17(15)20/h1-4,7-9H,5-6,10,18H2/b11-7+. The summed E-state index contributed by atoms with van der Waals surface area (Å²) in [5.74, 6) is -0.256. The van der Waals surface area contributed by atoms with Gasteiger partial charge in [0.2, 0.25) is 0 Å². The van der Waals surface area contributed by atoms with E-state index in [0.717, 1.165) is 27.2 Å². The first-order valence-corrected chi connectivity index (χ1v) is 7.79. The second-order valence-corrected chi connectivity index (χ2v) is 6.14. The van der Waals surface area contributed by atoms with E-state index in [1.165, 1.54) is 0 Å². The number of benzene rings is 1. The Kier molecular flexibility index (Phi) is 4.18. The molecule has 2 heterocycles. The van der Waals surface area contributed by atoms with E-state index in [2.05, 4.69) is 0 Å². The molecule has 0 saturated heterocycles. The summed E-state index contributed by atoms with van der Waals surface area (Å²) in [5.41, 5.74) is 8.80. The van der Waals surface area contributed by atoms with Crippen LogP contribution in [0.15, 0.2) is 35.9 Å². The molecule has 1 aliphatic rings. The third kappa shape index (κ3) is 2.86. The van der Waals surface area contributed by atoms with E-state index in [9.17, 15) is 9.59 Å². The minimum absolute atomic E-state index is 0.256. The zero-order valence-corrected chi connectivity index (χ0v) is 12.7. The Morgan fingerprint density at radius 3 is 2.95 bits per heavy atom. The zero-order valence-electron chi connectivity index (χ0n) is 11.9. The van der Waals surface area contributed by atoms with Gasteiger partial charge in [0.05, 0.1) is 5.56 Å². The first kappa shape index (κ1) is 14.7. The lowest BCUT2D eigenvalue weighted by Gasteiger charge is -2.00. The van der Waals surface area contributed by atoms with Gasteiger partial charge < -0.3 is 10.5 Å². The van der Waals surface area contributed by atoms with Gasteiger partial charge in [-0.2, -0.15) is 0 Å². The summed E-state index contributed by atoms with van der Waals surface area (Å²) < 4.78 is 5.02. The van der Waals surface area contributed by atoms with E-state index in [-0.39, 0.29) is 5.97 Å². The minimum atomic E-state index is -0.256.